The van der Waals surface area contributed by atoms with E-state index in [0.717, 1.165) is 11.1 Å². The molecule has 0 aliphatic rings. The molecule has 0 spiro atoms. The van der Waals surface area contributed by atoms with Gasteiger partial charge in [-0.15, -0.1) is 0 Å². The van der Waals surface area contributed by atoms with Gasteiger partial charge in [0.2, 0.25) is 11.7 Å². The number of hydrogen-bond acceptors (Lipinski definition) is 4. The molecule has 0 bridgehead atoms. The summed E-state index contributed by atoms with van der Waals surface area (Å²) in [6.45, 7) is -0.119. The van der Waals surface area contributed by atoms with Gasteiger partial charge >= 0.3 is 0 Å². The summed E-state index contributed by atoms with van der Waals surface area (Å²) in [5.41, 5.74) is 7.16. The van der Waals surface area contributed by atoms with Crippen LogP contribution < -0.4 is 5.73 Å². The van der Waals surface area contributed by atoms with E-state index in [1.54, 1.807) is 0 Å². The molecule has 0 radical (unpaired) electrons. The Labute approximate surface area is 92.3 Å². The van der Waals surface area contributed by atoms with Crippen LogP contribution in [0.4, 0.5) is 4.39 Å². The van der Waals surface area contributed by atoms with Gasteiger partial charge in [0, 0.05) is 12.0 Å². The molecule has 2 aromatic rings. The van der Waals surface area contributed by atoms with E-state index in [9.17, 15) is 4.39 Å². The van der Waals surface area contributed by atoms with Gasteiger partial charge in [0.1, 0.15) is 0 Å². The Morgan fingerprint density at radius 2 is 2.00 bits per heavy atom. The Kier molecular flexibility index (Phi) is 3.26. The second kappa shape index (κ2) is 4.85. The van der Waals surface area contributed by atoms with Gasteiger partial charge < -0.3 is 10.3 Å². The number of alkyl halides is 1. The summed E-state index contributed by atoms with van der Waals surface area (Å²) in [7, 11) is 0. The first-order valence-electron chi connectivity index (χ1n) is 5.01. The average Bonchev–Trinajstić information content (AvgIpc) is 2.79. The summed E-state index contributed by atoms with van der Waals surface area (Å²) in [6, 6.07) is 7.40. The SMILES string of the molecule is NCc1nc(-c2ccc(CCF)cc2)no1. The number of nitrogens with two attached hydrogens (primary N) is 1. The Morgan fingerprint density at radius 3 is 2.56 bits per heavy atom. The minimum absolute atomic E-state index is 0.229. The molecule has 0 saturated carbocycles. The van der Waals surface area contributed by atoms with Gasteiger partial charge in [-0.2, -0.15) is 4.98 Å². The van der Waals surface area contributed by atoms with Crippen molar-refractivity contribution in [2.75, 3.05) is 6.67 Å². The predicted molar refractivity (Wildman–Crippen MR) is 57.3 cm³/mol. The second-order valence-corrected chi connectivity index (χ2v) is 3.35. The molecule has 0 saturated heterocycles. The zero-order chi connectivity index (χ0) is 11.4. The molecule has 4 nitrogen and oxygen atoms in total. The number of halogens is 1. The lowest BCUT2D eigenvalue weighted by atomic mass is 10.1. The summed E-state index contributed by atoms with van der Waals surface area (Å²) >= 11 is 0. The highest BCUT2D eigenvalue weighted by molar-refractivity contribution is 5.54. The summed E-state index contributed by atoms with van der Waals surface area (Å²) in [4.78, 5) is 4.10. The Morgan fingerprint density at radius 1 is 1.25 bits per heavy atom. The zero-order valence-corrected chi connectivity index (χ0v) is 8.69. The van der Waals surface area contributed by atoms with Crippen LogP contribution in [0.15, 0.2) is 28.8 Å². The normalized spacial score (nSPS) is 10.6. The van der Waals surface area contributed by atoms with Crippen LogP contribution in [-0.2, 0) is 13.0 Å². The van der Waals surface area contributed by atoms with E-state index in [2.05, 4.69) is 10.1 Å². The Hall–Kier alpha value is -1.75. The van der Waals surface area contributed by atoms with Crippen molar-refractivity contribution in [2.45, 2.75) is 13.0 Å². The van der Waals surface area contributed by atoms with Crippen molar-refractivity contribution in [1.82, 2.24) is 10.1 Å². The minimum atomic E-state index is -0.348. The smallest absolute Gasteiger partial charge is 0.240 e. The van der Waals surface area contributed by atoms with Crippen LogP contribution in [0, 0.1) is 0 Å². The first-order chi connectivity index (χ1) is 7.83. The number of benzene rings is 1. The van der Waals surface area contributed by atoms with Gasteiger partial charge in [-0.1, -0.05) is 29.4 Å². The van der Waals surface area contributed by atoms with E-state index in [0.29, 0.717) is 18.1 Å². The molecule has 0 fully saturated rings. The van der Waals surface area contributed by atoms with Gasteiger partial charge in [0.05, 0.1) is 13.2 Å². The van der Waals surface area contributed by atoms with E-state index in [1.165, 1.54) is 0 Å². The van der Waals surface area contributed by atoms with Crippen molar-refractivity contribution in [1.29, 1.82) is 0 Å². The van der Waals surface area contributed by atoms with Gasteiger partial charge in [0.25, 0.3) is 0 Å². The maximum atomic E-state index is 12.1. The fourth-order valence-electron chi connectivity index (χ4n) is 1.38. The van der Waals surface area contributed by atoms with Crippen molar-refractivity contribution in [3.05, 3.63) is 35.7 Å². The van der Waals surface area contributed by atoms with Crippen molar-refractivity contribution >= 4 is 0 Å². The maximum absolute atomic E-state index is 12.1. The number of rotatable bonds is 4. The van der Waals surface area contributed by atoms with Gasteiger partial charge in [-0.25, -0.2) is 0 Å². The second-order valence-electron chi connectivity index (χ2n) is 3.35. The maximum Gasteiger partial charge on any atom is 0.240 e. The zero-order valence-electron chi connectivity index (χ0n) is 8.69. The fourth-order valence-corrected chi connectivity index (χ4v) is 1.38. The summed E-state index contributed by atoms with van der Waals surface area (Å²) < 4.78 is 17.0. The first kappa shape index (κ1) is 10.8. The summed E-state index contributed by atoms with van der Waals surface area (Å²) in [5, 5.41) is 3.79. The first-order valence-corrected chi connectivity index (χ1v) is 5.01. The number of hydrogen-bond donors (Lipinski definition) is 1. The number of aryl methyl sites for hydroxylation is 1. The average molecular weight is 221 g/mol. The molecule has 16 heavy (non-hydrogen) atoms. The molecule has 0 aliphatic carbocycles. The summed E-state index contributed by atoms with van der Waals surface area (Å²) in [5.74, 6) is 0.912. The quantitative estimate of drug-likeness (QED) is 0.853. The van der Waals surface area contributed by atoms with Crippen LogP contribution in [0.5, 0.6) is 0 Å². The minimum Gasteiger partial charge on any atom is -0.338 e. The molecular formula is C11H12FN3O. The molecular weight excluding hydrogens is 209 g/mol. The van der Waals surface area contributed by atoms with Gasteiger partial charge in [0.15, 0.2) is 0 Å². The van der Waals surface area contributed by atoms with Crippen LogP contribution in [0.1, 0.15) is 11.5 Å². The largest absolute Gasteiger partial charge is 0.338 e. The molecule has 5 heteroatoms. The van der Waals surface area contributed by atoms with Gasteiger partial charge in [-0.05, 0) is 5.56 Å². The topological polar surface area (TPSA) is 64.9 Å². The van der Waals surface area contributed by atoms with Crippen LogP contribution >= 0.6 is 0 Å². The van der Waals surface area contributed by atoms with Crippen LogP contribution in [-0.4, -0.2) is 16.8 Å². The van der Waals surface area contributed by atoms with E-state index in [4.69, 9.17) is 10.3 Å². The molecule has 1 aromatic carbocycles. The molecule has 1 aromatic heterocycles. The molecule has 0 aliphatic heterocycles. The Bertz CT molecular complexity index is 453. The van der Waals surface area contributed by atoms with Gasteiger partial charge in [-0.3, -0.25) is 4.39 Å². The molecule has 1 heterocycles. The third-order valence-corrected chi connectivity index (χ3v) is 2.24. The van der Waals surface area contributed by atoms with Crippen LogP contribution in [0.3, 0.4) is 0 Å². The fraction of sp³-hybridized carbons (Fsp3) is 0.273. The highest BCUT2D eigenvalue weighted by Crippen LogP contribution is 2.16. The van der Waals surface area contributed by atoms with E-state index in [1.807, 2.05) is 24.3 Å². The van der Waals surface area contributed by atoms with Crippen molar-refractivity contribution in [3.63, 3.8) is 0 Å². The molecule has 84 valence electrons. The molecule has 0 amide bonds. The number of aromatic nitrogens is 2. The van der Waals surface area contributed by atoms with Crippen molar-refractivity contribution in [3.8, 4) is 11.4 Å². The third kappa shape index (κ3) is 2.25. The molecule has 2 N–H and O–H groups in total. The lowest BCUT2D eigenvalue weighted by Gasteiger charge is -1.98. The number of nitrogens with zero attached hydrogens (tertiary/aromatic N) is 2. The van der Waals surface area contributed by atoms with Crippen molar-refractivity contribution < 1.29 is 8.91 Å². The van der Waals surface area contributed by atoms with Crippen LogP contribution in [0.2, 0.25) is 0 Å². The van der Waals surface area contributed by atoms with E-state index >= 15 is 0 Å². The van der Waals surface area contributed by atoms with E-state index < -0.39 is 0 Å². The van der Waals surface area contributed by atoms with E-state index in [-0.39, 0.29) is 13.2 Å². The summed E-state index contributed by atoms with van der Waals surface area (Å²) in [6.07, 6.45) is 0.431. The standard InChI is InChI=1S/C11H12FN3O/c12-6-5-8-1-3-9(4-2-8)11-14-10(7-13)16-15-11/h1-4H,5-7,13H2. The molecule has 0 atom stereocenters. The lowest BCUT2D eigenvalue weighted by Crippen LogP contribution is -1.95. The predicted octanol–water partition coefficient (Wildman–Crippen LogP) is 1.71. The third-order valence-electron chi connectivity index (χ3n) is 2.24. The van der Waals surface area contributed by atoms with Crippen molar-refractivity contribution in [2.24, 2.45) is 5.73 Å². The highest BCUT2D eigenvalue weighted by atomic mass is 19.1. The Balaban J connectivity index is 2.20. The molecule has 2 rings (SSSR count). The van der Waals surface area contributed by atoms with Crippen LogP contribution in [0.25, 0.3) is 11.4 Å². The highest BCUT2D eigenvalue weighted by Gasteiger charge is 2.06. The lowest BCUT2D eigenvalue weighted by molar-refractivity contribution is 0.380. The monoisotopic (exact) mass is 221 g/mol. The molecule has 0 unspecified atom stereocenters.